The van der Waals surface area contributed by atoms with E-state index in [1.807, 2.05) is 0 Å². The first kappa shape index (κ1) is 8.31. The first-order chi connectivity index (χ1) is 4.31. The third-order valence-electron chi connectivity index (χ3n) is 2.68. The van der Waals surface area contributed by atoms with Gasteiger partial charge in [0, 0.05) is 13.1 Å². The van der Waals surface area contributed by atoms with Gasteiger partial charge in [-0.3, -0.25) is 0 Å². The molecule has 1 saturated heterocycles. The molecule has 0 unspecified atom stereocenters. The standard InChI is InChI=1S/C7H13NO.ClH/c9-6-1-2-7(3-6)4-8-5-7;/h6,8-9H,1-5H2;1H/t6-;/m0./s1. The van der Waals surface area contributed by atoms with Gasteiger partial charge in [-0.25, -0.2) is 0 Å². The topological polar surface area (TPSA) is 32.3 Å². The molecule has 1 heterocycles. The van der Waals surface area contributed by atoms with E-state index in [1.54, 1.807) is 0 Å². The molecule has 60 valence electrons. The second-order valence-electron chi connectivity index (χ2n) is 3.50. The van der Waals surface area contributed by atoms with Crippen LogP contribution in [0.3, 0.4) is 0 Å². The molecule has 10 heavy (non-hydrogen) atoms. The number of aliphatic hydroxyl groups excluding tert-OH is 1. The lowest BCUT2D eigenvalue weighted by Crippen LogP contribution is -2.51. The molecule has 2 nitrogen and oxygen atoms in total. The summed E-state index contributed by atoms with van der Waals surface area (Å²) in [7, 11) is 0. The van der Waals surface area contributed by atoms with Gasteiger partial charge in [-0.05, 0) is 24.7 Å². The maximum atomic E-state index is 9.20. The van der Waals surface area contributed by atoms with Crippen molar-refractivity contribution in [1.29, 1.82) is 0 Å². The van der Waals surface area contributed by atoms with Crippen LogP contribution in [0.2, 0.25) is 0 Å². The van der Waals surface area contributed by atoms with E-state index in [9.17, 15) is 5.11 Å². The summed E-state index contributed by atoms with van der Waals surface area (Å²) in [5, 5.41) is 12.5. The summed E-state index contributed by atoms with van der Waals surface area (Å²) in [5.41, 5.74) is 0.527. The van der Waals surface area contributed by atoms with Crippen molar-refractivity contribution < 1.29 is 5.11 Å². The van der Waals surface area contributed by atoms with Crippen LogP contribution in [-0.4, -0.2) is 24.3 Å². The Kier molecular flexibility index (Phi) is 2.23. The predicted molar refractivity (Wildman–Crippen MR) is 42.4 cm³/mol. The van der Waals surface area contributed by atoms with Crippen LogP contribution in [0.1, 0.15) is 19.3 Å². The molecule has 0 amide bonds. The lowest BCUT2D eigenvalue weighted by molar-refractivity contribution is 0.125. The Labute approximate surface area is 67.4 Å². The molecule has 2 N–H and O–H groups in total. The normalized spacial score (nSPS) is 35.1. The smallest absolute Gasteiger partial charge is 0.0546 e. The zero-order valence-corrected chi connectivity index (χ0v) is 6.78. The molecule has 2 aliphatic rings. The highest BCUT2D eigenvalue weighted by Crippen LogP contribution is 2.40. The van der Waals surface area contributed by atoms with Crippen molar-refractivity contribution in [1.82, 2.24) is 5.32 Å². The monoisotopic (exact) mass is 163 g/mol. The summed E-state index contributed by atoms with van der Waals surface area (Å²) in [6, 6.07) is 0. The van der Waals surface area contributed by atoms with Crippen molar-refractivity contribution in [2.45, 2.75) is 25.4 Å². The zero-order valence-electron chi connectivity index (χ0n) is 5.97. The fourth-order valence-electron chi connectivity index (χ4n) is 1.98. The molecule has 0 bridgehead atoms. The molecular formula is C7H14ClNO. The molecule has 1 atom stereocenters. The van der Waals surface area contributed by atoms with Crippen molar-refractivity contribution in [3.05, 3.63) is 0 Å². The van der Waals surface area contributed by atoms with Gasteiger partial charge in [0.05, 0.1) is 6.10 Å². The van der Waals surface area contributed by atoms with Crippen molar-refractivity contribution in [2.24, 2.45) is 5.41 Å². The van der Waals surface area contributed by atoms with Crippen LogP contribution in [0.4, 0.5) is 0 Å². The number of hydrogen-bond donors (Lipinski definition) is 2. The van der Waals surface area contributed by atoms with Gasteiger partial charge in [0.2, 0.25) is 0 Å². The van der Waals surface area contributed by atoms with Crippen LogP contribution in [-0.2, 0) is 0 Å². The summed E-state index contributed by atoms with van der Waals surface area (Å²) in [6.07, 6.45) is 3.31. The van der Waals surface area contributed by atoms with Crippen molar-refractivity contribution in [2.75, 3.05) is 13.1 Å². The van der Waals surface area contributed by atoms with Gasteiger partial charge in [0.15, 0.2) is 0 Å². The summed E-state index contributed by atoms with van der Waals surface area (Å²) < 4.78 is 0. The summed E-state index contributed by atoms with van der Waals surface area (Å²) in [4.78, 5) is 0. The minimum atomic E-state index is 0. The van der Waals surface area contributed by atoms with Crippen LogP contribution in [0, 0.1) is 5.41 Å². The Hall–Kier alpha value is 0.210. The van der Waals surface area contributed by atoms with Crippen molar-refractivity contribution in [3.8, 4) is 0 Å². The van der Waals surface area contributed by atoms with Crippen LogP contribution in [0.15, 0.2) is 0 Å². The van der Waals surface area contributed by atoms with E-state index >= 15 is 0 Å². The van der Waals surface area contributed by atoms with Crippen LogP contribution in [0.25, 0.3) is 0 Å². The van der Waals surface area contributed by atoms with Crippen molar-refractivity contribution in [3.63, 3.8) is 0 Å². The molecule has 2 fully saturated rings. The average molecular weight is 164 g/mol. The van der Waals surface area contributed by atoms with Crippen molar-refractivity contribution >= 4 is 12.4 Å². The van der Waals surface area contributed by atoms with E-state index in [0.29, 0.717) is 5.41 Å². The molecule has 0 aromatic heterocycles. The summed E-state index contributed by atoms with van der Waals surface area (Å²) >= 11 is 0. The third kappa shape index (κ3) is 1.16. The maximum Gasteiger partial charge on any atom is 0.0546 e. The Balaban J connectivity index is 0.000000500. The molecule has 1 aliphatic carbocycles. The number of rotatable bonds is 0. The van der Waals surface area contributed by atoms with Gasteiger partial charge in [-0.2, -0.15) is 0 Å². The number of hydrogen-bond acceptors (Lipinski definition) is 2. The van der Waals surface area contributed by atoms with E-state index < -0.39 is 0 Å². The molecule has 2 rings (SSSR count). The lowest BCUT2D eigenvalue weighted by Gasteiger charge is -2.39. The first-order valence-corrected chi connectivity index (χ1v) is 3.70. The minimum absolute atomic E-state index is 0. The molecule has 0 aromatic rings. The number of aliphatic hydroxyl groups is 1. The van der Waals surface area contributed by atoms with E-state index in [2.05, 4.69) is 5.32 Å². The Morgan fingerprint density at radius 3 is 2.30 bits per heavy atom. The van der Waals surface area contributed by atoms with Gasteiger partial charge < -0.3 is 10.4 Å². The molecule has 1 aliphatic heterocycles. The second-order valence-corrected chi connectivity index (χ2v) is 3.50. The first-order valence-electron chi connectivity index (χ1n) is 3.70. The molecule has 0 aromatic carbocycles. The lowest BCUT2D eigenvalue weighted by atomic mass is 9.80. The zero-order chi connectivity index (χ0) is 6.32. The highest BCUT2D eigenvalue weighted by molar-refractivity contribution is 5.85. The fraction of sp³-hybridized carbons (Fsp3) is 1.00. The highest BCUT2D eigenvalue weighted by atomic mass is 35.5. The minimum Gasteiger partial charge on any atom is -0.393 e. The van der Waals surface area contributed by atoms with E-state index in [0.717, 1.165) is 25.9 Å². The summed E-state index contributed by atoms with van der Waals surface area (Å²) in [6.45, 7) is 2.29. The molecule has 1 spiro atoms. The predicted octanol–water partition coefficient (Wildman–Crippen LogP) is 0.543. The molecule has 1 saturated carbocycles. The van der Waals surface area contributed by atoms with Gasteiger partial charge in [-0.1, -0.05) is 0 Å². The Morgan fingerprint density at radius 1 is 1.40 bits per heavy atom. The summed E-state index contributed by atoms with van der Waals surface area (Å²) in [5.74, 6) is 0. The fourth-order valence-corrected chi connectivity index (χ4v) is 1.98. The van der Waals surface area contributed by atoms with Crippen LogP contribution >= 0.6 is 12.4 Å². The van der Waals surface area contributed by atoms with Gasteiger partial charge in [-0.15, -0.1) is 12.4 Å². The second kappa shape index (κ2) is 2.68. The van der Waals surface area contributed by atoms with Crippen LogP contribution < -0.4 is 5.32 Å². The van der Waals surface area contributed by atoms with Gasteiger partial charge in [0.25, 0.3) is 0 Å². The van der Waals surface area contributed by atoms with E-state index in [1.165, 1.54) is 6.42 Å². The van der Waals surface area contributed by atoms with Gasteiger partial charge in [0.1, 0.15) is 0 Å². The Morgan fingerprint density at radius 2 is 2.10 bits per heavy atom. The number of nitrogens with one attached hydrogen (secondary N) is 1. The number of halogens is 1. The van der Waals surface area contributed by atoms with Gasteiger partial charge >= 0.3 is 0 Å². The largest absolute Gasteiger partial charge is 0.393 e. The van der Waals surface area contributed by atoms with E-state index in [4.69, 9.17) is 0 Å². The van der Waals surface area contributed by atoms with E-state index in [-0.39, 0.29) is 18.5 Å². The molecular weight excluding hydrogens is 150 g/mol. The average Bonchev–Trinajstić information content (AvgIpc) is 2.09. The Bertz CT molecular complexity index is 125. The maximum absolute atomic E-state index is 9.20. The molecule has 0 radical (unpaired) electrons. The highest BCUT2D eigenvalue weighted by Gasteiger charge is 2.42. The third-order valence-corrected chi connectivity index (χ3v) is 2.68. The molecule has 3 heteroatoms. The SMILES string of the molecule is Cl.O[C@H]1CCC2(CNC2)C1. The quantitative estimate of drug-likeness (QED) is 0.547. The van der Waals surface area contributed by atoms with Crippen LogP contribution in [0.5, 0.6) is 0 Å².